The molecule has 0 saturated heterocycles. The Morgan fingerprint density at radius 2 is 1.81 bits per heavy atom. The van der Waals surface area contributed by atoms with E-state index in [1.807, 2.05) is 24.3 Å². The molecule has 0 heterocycles. The molecule has 21 heavy (non-hydrogen) atoms. The van der Waals surface area contributed by atoms with Gasteiger partial charge in [-0.1, -0.05) is 50.6 Å². The third-order valence-electron chi connectivity index (χ3n) is 3.18. The molecule has 0 unspecified atom stereocenters. The Bertz CT molecular complexity index is 677. The molecule has 1 amide bonds. The van der Waals surface area contributed by atoms with Crippen molar-refractivity contribution in [2.45, 2.75) is 31.1 Å². The number of amides is 1. The highest BCUT2D eigenvalue weighted by molar-refractivity contribution is 7.80. The molecule has 0 fully saturated rings. The Hall–Kier alpha value is -1.45. The van der Waals surface area contributed by atoms with Gasteiger partial charge in [-0.15, -0.1) is 12.6 Å². The summed E-state index contributed by atoms with van der Waals surface area (Å²) in [5.41, 5.74) is 2.25. The first-order valence-electron chi connectivity index (χ1n) is 6.68. The molecular weight excluding hydrogens is 302 g/mol. The van der Waals surface area contributed by atoms with Crippen LogP contribution in [0.15, 0.2) is 47.4 Å². The van der Waals surface area contributed by atoms with Gasteiger partial charge in [-0.25, -0.2) is 0 Å². The van der Waals surface area contributed by atoms with Crippen LogP contribution < -0.4 is 5.32 Å². The van der Waals surface area contributed by atoms with E-state index in [2.05, 4.69) is 38.7 Å². The fraction of sp³-hybridized carbons (Fsp3) is 0.235. The van der Waals surface area contributed by atoms with Crippen LogP contribution in [0, 0.1) is 0 Å². The molecule has 0 spiro atoms. The standard InChI is InChI=1S/C17H18ClNOS/c1-17(2,3)13-6-4-5-7-15(13)19-16(20)12-10-11(21)8-9-14(12)18/h4-10,21H,1-3H3,(H,19,20). The number of rotatable bonds is 2. The molecule has 2 aromatic rings. The summed E-state index contributed by atoms with van der Waals surface area (Å²) >= 11 is 10.3. The van der Waals surface area contributed by atoms with E-state index < -0.39 is 0 Å². The number of hydrogen-bond acceptors (Lipinski definition) is 2. The Morgan fingerprint density at radius 3 is 2.48 bits per heavy atom. The molecular formula is C17H18ClNOS. The van der Waals surface area contributed by atoms with Gasteiger partial charge < -0.3 is 5.32 Å². The average Bonchev–Trinajstić information content (AvgIpc) is 2.41. The third-order valence-corrected chi connectivity index (χ3v) is 3.79. The largest absolute Gasteiger partial charge is 0.322 e. The van der Waals surface area contributed by atoms with Crippen LogP contribution in [0.1, 0.15) is 36.7 Å². The third kappa shape index (κ3) is 3.80. The van der Waals surface area contributed by atoms with Gasteiger partial charge in [0.15, 0.2) is 0 Å². The van der Waals surface area contributed by atoms with Gasteiger partial charge in [-0.2, -0.15) is 0 Å². The van der Waals surface area contributed by atoms with Gasteiger partial charge in [0.2, 0.25) is 0 Å². The van der Waals surface area contributed by atoms with E-state index in [4.69, 9.17) is 11.6 Å². The summed E-state index contributed by atoms with van der Waals surface area (Å²) < 4.78 is 0. The monoisotopic (exact) mass is 319 g/mol. The molecule has 1 N–H and O–H groups in total. The van der Waals surface area contributed by atoms with Gasteiger partial charge in [0.05, 0.1) is 10.6 Å². The van der Waals surface area contributed by atoms with Crippen LogP contribution in [0.5, 0.6) is 0 Å². The minimum absolute atomic E-state index is 0.0565. The SMILES string of the molecule is CC(C)(C)c1ccccc1NC(=O)c1cc(S)ccc1Cl. The molecule has 0 radical (unpaired) electrons. The zero-order valence-corrected chi connectivity index (χ0v) is 13.9. The molecule has 0 aliphatic heterocycles. The molecule has 0 aromatic heterocycles. The van der Waals surface area contributed by atoms with Crippen molar-refractivity contribution >= 4 is 35.8 Å². The van der Waals surface area contributed by atoms with Crippen molar-refractivity contribution in [1.82, 2.24) is 0 Å². The predicted molar refractivity (Wildman–Crippen MR) is 91.8 cm³/mol. The molecule has 0 bridgehead atoms. The number of halogens is 1. The summed E-state index contributed by atoms with van der Waals surface area (Å²) in [4.78, 5) is 13.1. The summed E-state index contributed by atoms with van der Waals surface area (Å²) in [6, 6.07) is 12.9. The zero-order valence-electron chi connectivity index (χ0n) is 12.3. The van der Waals surface area contributed by atoms with Crippen molar-refractivity contribution in [3.8, 4) is 0 Å². The first-order valence-corrected chi connectivity index (χ1v) is 7.51. The summed E-state index contributed by atoms with van der Waals surface area (Å²) in [5, 5.41) is 3.36. The van der Waals surface area contributed by atoms with Crippen LogP contribution >= 0.6 is 24.2 Å². The van der Waals surface area contributed by atoms with Gasteiger partial charge >= 0.3 is 0 Å². The molecule has 0 atom stereocenters. The topological polar surface area (TPSA) is 29.1 Å². The van der Waals surface area contributed by atoms with E-state index in [9.17, 15) is 4.79 Å². The Balaban J connectivity index is 2.35. The number of nitrogens with one attached hydrogen (secondary N) is 1. The summed E-state index contributed by atoms with van der Waals surface area (Å²) in [6.45, 7) is 6.33. The number of thiol groups is 1. The van der Waals surface area contributed by atoms with Crippen LogP contribution in [-0.4, -0.2) is 5.91 Å². The van der Waals surface area contributed by atoms with Gasteiger partial charge in [-0.05, 0) is 35.2 Å². The van der Waals surface area contributed by atoms with Crippen molar-refractivity contribution < 1.29 is 4.79 Å². The number of hydrogen-bond donors (Lipinski definition) is 2. The Kier molecular flexibility index (Phi) is 4.64. The smallest absolute Gasteiger partial charge is 0.257 e. The Morgan fingerprint density at radius 1 is 1.14 bits per heavy atom. The lowest BCUT2D eigenvalue weighted by Gasteiger charge is -2.23. The second kappa shape index (κ2) is 6.12. The van der Waals surface area contributed by atoms with Gasteiger partial charge in [0.25, 0.3) is 5.91 Å². The maximum absolute atomic E-state index is 12.4. The molecule has 4 heteroatoms. The van der Waals surface area contributed by atoms with Crippen molar-refractivity contribution in [3.05, 3.63) is 58.6 Å². The number of anilines is 1. The first kappa shape index (κ1) is 15.9. The fourth-order valence-corrected chi connectivity index (χ4v) is 2.53. The Labute approximate surface area is 135 Å². The summed E-state index contributed by atoms with van der Waals surface area (Å²) in [6.07, 6.45) is 0. The van der Waals surface area contributed by atoms with E-state index in [-0.39, 0.29) is 11.3 Å². The molecule has 0 aliphatic rings. The molecule has 2 aromatic carbocycles. The van der Waals surface area contributed by atoms with Crippen LogP contribution in [-0.2, 0) is 5.41 Å². The van der Waals surface area contributed by atoms with E-state index in [0.717, 1.165) is 11.3 Å². The number of para-hydroxylation sites is 1. The molecule has 2 nitrogen and oxygen atoms in total. The van der Waals surface area contributed by atoms with E-state index in [0.29, 0.717) is 15.5 Å². The van der Waals surface area contributed by atoms with Gasteiger partial charge in [0.1, 0.15) is 0 Å². The van der Waals surface area contributed by atoms with E-state index in [1.165, 1.54) is 0 Å². The average molecular weight is 320 g/mol. The number of benzene rings is 2. The van der Waals surface area contributed by atoms with Crippen LogP contribution in [0.25, 0.3) is 0 Å². The lowest BCUT2D eigenvalue weighted by atomic mass is 9.86. The van der Waals surface area contributed by atoms with Crippen molar-refractivity contribution in [2.75, 3.05) is 5.32 Å². The van der Waals surface area contributed by atoms with Crippen molar-refractivity contribution in [3.63, 3.8) is 0 Å². The lowest BCUT2D eigenvalue weighted by Crippen LogP contribution is -2.19. The highest BCUT2D eigenvalue weighted by Crippen LogP contribution is 2.30. The van der Waals surface area contributed by atoms with E-state index >= 15 is 0 Å². The maximum Gasteiger partial charge on any atom is 0.257 e. The zero-order chi connectivity index (χ0) is 15.6. The first-order chi connectivity index (χ1) is 9.79. The normalized spacial score (nSPS) is 11.3. The number of carbonyl (C=O) groups is 1. The predicted octanol–water partition coefficient (Wildman–Crippen LogP) is 5.18. The van der Waals surface area contributed by atoms with Crippen LogP contribution in [0.3, 0.4) is 0 Å². The minimum Gasteiger partial charge on any atom is -0.322 e. The summed E-state index contributed by atoms with van der Waals surface area (Å²) in [7, 11) is 0. The molecule has 0 aliphatic carbocycles. The minimum atomic E-state index is -0.229. The fourth-order valence-electron chi connectivity index (χ4n) is 2.12. The quantitative estimate of drug-likeness (QED) is 0.734. The van der Waals surface area contributed by atoms with Crippen molar-refractivity contribution in [1.29, 1.82) is 0 Å². The summed E-state index contributed by atoms with van der Waals surface area (Å²) in [5.74, 6) is -0.229. The van der Waals surface area contributed by atoms with Crippen molar-refractivity contribution in [2.24, 2.45) is 0 Å². The van der Waals surface area contributed by atoms with Crippen LogP contribution in [0.4, 0.5) is 5.69 Å². The van der Waals surface area contributed by atoms with Gasteiger partial charge in [-0.3, -0.25) is 4.79 Å². The van der Waals surface area contributed by atoms with Crippen LogP contribution in [0.2, 0.25) is 5.02 Å². The van der Waals surface area contributed by atoms with E-state index in [1.54, 1.807) is 18.2 Å². The van der Waals surface area contributed by atoms with Gasteiger partial charge in [0, 0.05) is 10.6 Å². The molecule has 110 valence electrons. The number of carbonyl (C=O) groups excluding carboxylic acids is 1. The highest BCUT2D eigenvalue weighted by Gasteiger charge is 2.19. The second-order valence-electron chi connectivity index (χ2n) is 5.91. The molecule has 2 rings (SSSR count). The molecule has 0 saturated carbocycles. The maximum atomic E-state index is 12.4. The highest BCUT2D eigenvalue weighted by atomic mass is 35.5. The lowest BCUT2D eigenvalue weighted by molar-refractivity contribution is 0.102. The second-order valence-corrected chi connectivity index (χ2v) is 6.84.